The number of aromatic carboxylic acids is 1. The van der Waals surface area contributed by atoms with Gasteiger partial charge in [-0.1, -0.05) is 0 Å². The zero-order valence-electron chi connectivity index (χ0n) is 16.7. The molecular formula is C20H25N3O6S. The van der Waals surface area contributed by atoms with E-state index >= 15 is 0 Å². The Bertz CT molecular complexity index is 1100. The first-order valence-corrected chi connectivity index (χ1v) is 11.7. The molecule has 0 aliphatic carbocycles. The second kappa shape index (κ2) is 7.68. The maximum absolute atomic E-state index is 12.2. The molecule has 0 saturated carbocycles. The largest absolute Gasteiger partial charge is 0.480 e. The van der Waals surface area contributed by atoms with Crippen molar-refractivity contribution in [2.45, 2.75) is 18.5 Å². The van der Waals surface area contributed by atoms with Crippen molar-refractivity contribution in [3.63, 3.8) is 0 Å². The molecule has 2 saturated heterocycles. The van der Waals surface area contributed by atoms with E-state index in [0.29, 0.717) is 43.5 Å². The minimum absolute atomic E-state index is 0.0103. The van der Waals surface area contributed by atoms with Crippen LogP contribution in [-0.2, 0) is 21.7 Å². The van der Waals surface area contributed by atoms with Crippen molar-refractivity contribution >= 4 is 32.7 Å². The van der Waals surface area contributed by atoms with Gasteiger partial charge in [-0.05, 0) is 24.6 Å². The Kier molecular flexibility index (Phi) is 5.33. The minimum atomic E-state index is -2.96. The van der Waals surface area contributed by atoms with Gasteiger partial charge in [0.05, 0.1) is 17.1 Å². The average molecular weight is 436 g/mol. The highest BCUT2D eigenvalue weighted by molar-refractivity contribution is 7.91. The van der Waals surface area contributed by atoms with E-state index in [1.165, 1.54) is 12.1 Å². The fourth-order valence-corrected chi connectivity index (χ4v) is 6.45. The molecule has 2 aliphatic heterocycles. The lowest BCUT2D eigenvalue weighted by molar-refractivity contribution is -0.144. The normalized spacial score (nSPS) is 23.6. The predicted octanol–water partition coefficient (Wildman–Crippen LogP) is 0.807. The summed E-state index contributed by atoms with van der Waals surface area (Å²) in [6.07, 6.45) is 2.39. The number of sulfone groups is 1. The summed E-state index contributed by atoms with van der Waals surface area (Å²) >= 11 is 0. The summed E-state index contributed by atoms with van der Waals surface area (Å²) < 4.78 is 25.4. The van der Waals surface area contributed by atoms with Gasteiger partial charge >= 0.3 is 11.9 Å². The molecule has 1 aromatic heterocycles. The number of nitrogens with zero attached hydrogens (tertiary/aromatic N) is 3. The number of aromatic nitrogens is 1. The van der Waals surface area contributed by atoms with Gasteiger partial charge in [0.1, 0.15) is 6.04 Å². The first-order valence-electron chi connectivity index (χ1n) is 9.90. The number of hydrogen-bond donors (Lipinski definition) is 2. The van der Waals surface area contributed by atoms with E-state index in [1.807, 2.05) is 16.5 Å². The van der Waals surface area contributed by atoms with Crippen molar-refractivity contribution in [2.75, 3.05) is 37.7 Å². The zero-order valence-corrected chi connectivity index (χ0v) is 17.5. The topological polar surface area (TPSA) is 120 Å². The third-order valence-electron chi connectivity index (χ3n) is 6.23. The number of carboxylic acids is 2. The average Bonchev–Trinajstić information content (AvgIpc) is 3.21. The Morgan fingerprint density at radius 1 is 1.13 bits per heavy atom. The van der Waals surface area contributed by atoms with Crippen LogP contribution in [0, 0.1) is 0 Å². The molecule has 2 fully saturated rings. The summed E-state index contributed by atoms with van der Waals surface area (Å²) in [6.45, 7) is 2.22. The van der Waals surface area contributed by atoms with Crippen LogP contribution in [0.3, 0.4) is 0 Å². The minimum Gasteiger partial charge on any atom is -0.480 e. The fraction of sp³-hybridized carbons (Fsp3) is 0.500. The van der Waals surface area contributed by atoms with Crippen LogP contribution < -0.4 is 0 Å². The van der Waals surface area contributed by atoms with Gasteiger partial charge in [-0.15, -0.1) is 0 Å². The predicted molar refractivity (Wildman–Crippen MR) is 110 cm³/mol. The van der Waals surface area contributed by atoms with Crippen molar-refractivity contribution in [3.8, 4) is 0 Å². The monoisotopic (exact) mass is 435 g/mol. The molecule has 1 aromatic carbocycles. The highest BCUT2D eigenvalue weighted by Crippen LogP contribution is 2.32. The number of fused-ring (bicyclic) bond motifs is 1. The Balaban J connectivity index is 1.59. The summed E-state index contributed by atoms with van der Waals surface area (Å²) in [4.78, 5) is 27.7. The van der Waals surface area contributed by atoms with Crippen LogP contribution in [0.25, 0.3) is 10.9 Å². The van der Waals surface area contributed by atoms with E-state index in [1.54, 1.807) is 12.3 Å². The number of aryl methyl sites for hydroxylation is 1. The van der Waals surface area contributed by atoms with Crippen molar-refractivity contribution in [2.24, 2.45) is 7.05 Å². The molecule has 9 nitrogen and oxygen atoms in total. The van der Waals surface area contributed by atoms with Crippen LogP contribution in [0.4, 0.5) is 0 Å². The molecule has 0 bridgehead atoms. The first-order chi connectivity index (χ1) is 14.2. The molecule has 30 heavy (non-hydrogen) atoms. The highest BCUT2D eigenvalue weighted by Gasteiger charge is 2.37. The maximum atomic E-state index is 12.2. The van der Waals surface area contributed by atoms with E-state index < -0.39 is 27.8 Å². The molecule has 2 atom stereocenters. The van der Waals surface area contributed by atoms with Crippen molar-refractivity contribution in [1.29, 1.82) is 0 Å². The number of aliphatic carboxylic acids is 1. The second-order valence-electron chi connectivity index (χ2n) is 8.10. The van der Waals surface area contributed by atoms with E-state index in [4.69, 9.17) is 0 Å². The van der Waals surface area contributed by atoms with Crippen LogP contribution in [0.5, 0.6) is 0 Å². The van der Waals surface area contributed by atoms with E-state index in [9.17, 15) is 28.2 Å². The first kappa shape index (κ1) is 20.8. The molecule has 2 aromatic rings. The fourth-order valence-electron chi connectivity index (χ4n) is 4.68. The molecular weight excluding hydrogens is 410 g/mol. The third-order valence-corrected chi connectivity index (χ3v) is 7.98. The number of piperazine rings is 1. The SMILES string of the molecule is Cn1cc([C@H](C(=O)O)N2CCN([C@@H]3CCS(=O)(=O)C3)CC2)c2cc(C(=O)O)ccc21. The van der Waals surface area contributed by atoms with Gasteiger partial charge in [0, 0.05) is 61.9 Å². The molecule has 3 heterocycles. The molecule has 0 amide bonds. The van der Waals surface area contributed by atoms with Gasteiger partial charge in [-0.2, -0.15) is 0 Å². The molecule has 2 aliphatic rings. The Morgan fingerprint density at radius 3 is 2.40 bits per heavy atom. The Labute approximate surface area is 174 Å². The number of benzene rings is 1. The molecule has 0 spiro atoms. The smallest absolute Gasteiger partial charge is 0.335 e. The van der Waals surface area contributed by atoms with Gasteiger partial charge in [0.2, 0.25) is 0 Å². The van der Waals surface area contributed by atoms with E-state index in [2.05, 4.69) is 4.90 Å². The van der Waals surface area contributed by atoms with Gasteiger partial charge in [-0.3, -0.25) is 14.6 Å². The van der Waals surface area contributed by atoms with E-state index in [-0.39, 0.29) is 23.1 Å². The molecule has 0 unspecified atom stereocenters. The van der Waals surface area contributed by atoms with Gasteiger partial charge < -0.3 is 14.8 Å². The Hall–Kier alpha value is -2.43. The lowest BCUT2D eigenvalue weighted by Crippen LogP contribution is -2.52. The number of carboxylic acid groups (broad SMARTS) is 2. The van der Waals surface area contributed by atoms with Crippen LogP contribution in [0.15, 0.2) is 24.4 Å². The summed E-state index contributed by atoms with van der Waals surface area (Å²) in [5.74, 6) is -1.65. The summed E-state index contributed by atoms with van der Waals surface area (Å²) in [6, 6.07) is 3.85. The van der Waals surface area contributed by atoms with Gasteiger partial charge in [-0.25, -0.2) is 13.2 Å². The van der Waals surface area contributed by atoms with Crippen molar-refractivity contribution in [1.82, 2.24) is 14.4 Å². The second-order valence-corrected chi connectivity index (χ2v) is 10.3. The van der Waals surface area contributed by atoms with Gasteiger partial charge in [0.25, 0.3) is 0 Å². The van der Waals surface area contributed by atoms with Crippen LogP contribution in [0.1, 0.15) is 28.4 Å². The van der Waals surface area contributed by atoms with Crippen LogP contribution in [-0.4, -0.2) is 88.7 Å². The van der Waals surface area contributed by atoms with Crippen LogP contribution in [0.2, 0.25) is 0 Å². The molecule has 2 N–H and O–H groups in total. The summed E-state index contributed by atoms with van der Waals surface area (Å²) in [5, 5.41) is 20.0. The van der Waals surface area contributed by atoms with E-state index in [0.717, 1.165) is 5.52 Å². The Morgan fingerprint density at radius 2 is 1.83 bits per heavy atom. The standard InChI is InChI=1S/C20H25N3O6S/c1-21-11-16(15-10-13(19(24)25)2-3-17(15)21)18(20(26)27)23-7-5-22(6-8-23)14-4-9-30(28,29)12-14/h2-3,10-11,14,18H,4-9,12H2,1H3,(H,24,25)(H,26,27)/t14-,18-/m1/s1. The molecule has 4 rings (SSSR count). The molecule has 10 heteroatoms. The van der Waals surface area contributed by atoms with Crippen LogP contribution >= 0.6 is 0 Å². The van der Waals surface area contributed by atoms with Crippen molar-refractivity contribution < 1.29 is 28.2 Å². The number of carbonyl (C=O) groups is 2. The lowest BCUT2D eigenvalue weighted by atomic mass is 10.0. The maximum Gasteiger partial charge on any atom is 0.335 e. The molecule has 162 valence electrons. The zero-order chi connectivity index (χ0) is 21.6. The van der Waals surface area contributed by atoms with Gasteiger partial charge in [0.15, 0.2) is 9.84 Å². The number of rotatable bonds is 5. The highest BCUT2D eigenvalue weighted by atomic mass is 32.2. The van der Waals surface area contributed by atoms with Crippen molar-refractivity contribution in [3.05, 3.63) is 35.5 Å². The quantitative estimate of drug-likeness (QED) is 0.708. The summed E-state index contributed by atoms with van der Waals surface area (Å²) in [7, 11) is -1.15. The third kappa shape index (κ3) is 3.82. The lowest BCUT2D eigenvalue weighted by Gasteiger charge is -2.40. The summed E-state index contributed by atoms with van der Waals surface area (Å²) in [5.41, 5.74) is 1.46. The molecule has 0 radical (unpaired) electrons. The number of hydrogen-bond acceptors (Lipinski definition) is 6.